The zero-order chi connectivity index (χ0) is 15.1. The van der Waals surface area contributed by atoms with Crippen molar-refractivity contribution in [2.45, 2.75) is 25.8 Å². The maximum Gasteiger partial charge on any atom is 0.326 e. The first-order chi connectivity index (χ1) is 9.47. The van der Waals surface area contributed by atoms with Crippen LogP contribution in [0.15, 0.2) is 18.2 Å². The molecule has 0 unspecified atom stereocenters. The average molecular weight is 284 g/mol. The number of carbonyl (C=O) groups excluding carboxylic acids is 1. The Bertz CT molecular complexity index is 493. The van der Waals surface area contributed by atoms with E-state index in [0.717, 1.165) is 6.07 Å². The molecule has 0 aliphatic heterocycles. The lowest BCUT2D eigenvalue weighted by Gasteiger charge is -2.14. The molecule has 0 heterocycles. The zero-order valence-electron chi connectivity index (χ0n) is 11.3. The molecule has 0 aromatic heterocycles. The third-order valence-corrected chi connectivity index (χ3v) is 2.59. The highest BCUT2D eigenvalue weighted by Gasteiger charge is 2.18. The van der Waals surface area contributed by atoms with Gasteiger partial charge in [0.1, 0.15) is 6.04 Å². The van der Waals surface area contributed by atoms with E-state index in [4.69, 9.17) is 9.84 Å². The van der Waals surface area contributed by atoms with Gasteiger partial charge >= 0.3 is 12.0 Å². The van der Waals surface area contributed by atoms with Crippen molar-refractivity contribution in [2.75, 3.05) is 12.4 Å². The molecule has 1 atom stereocenters. The molecule has 0 aliphatic carbocycles. The normalized spacial score (nSPS) is 11.6. The van der Waals surface area contributed by atoms with E-state index in [1.54, 1.807) is 0 Å². The van der Waals surface area contributed by atoms with Crippen LogP contribution in [-0.4, -0.2) is 30.3 Å². The molecule has 1 aromatic carbocycles. The minimum absolute atomic E-state index is 0.00820. The Morgan fingerprint density at radius 3 is 2.70 bits per heavy atom. The van der Waals surface area contributed by atoms with Crippen molar-refractivity contribution in [3.8, 4) is 5.75 Å². The van der Waals surface area contributed by atoms with Crippen molar-refractivity contribution >= 4 is 17.7 Å². The van der Waals surface area contributed by atoms with Crippen molar-refractivity contribution in [1.29, 1.82) is 0 Å². The number of carboxylic acids is 1. The first-order valence-electron chi connectivity index (χ1n) is 6.11. The summed E-state index contributed by atoms with van der Waals surface area (Å²) < 4.78 is 18.0. The minimum Gasteiger partial charge on any atom is -0.494 e. The van der Waals surface area contributed by atoms with Crippen LogP contribution in [0.5, 0.6) is 5.75 Å². The molecule has 0 bridgehead atoms. The van der Waals surface area contributed by atoms with Gasteiger partial charge < -0.3 is 20.5 Å². The van der Waals surface area contributed by atoms with Gasteiger partial charge in [-0.3, -0.25) is 0 Å². The largest absolute Gasteiger partial charge is 0.494 e. The Balaban J connectivity index is 2.68. The van der Waals surface area contributed by atoms with E-state index in [-0.39, 0.29) is 5.75 Å². The average Bonchev–Trinajstić information content (AvgIpc) is 2.40. The summed E-state index contributed by atoms with van der Waals surface area (Å²) in [6.07, 6.45) is 0.955. The quantitative estimate of drug-likeness (QED) is 0.747. The molecule has 110 valence electrons. The fraction of sp³-hybridized carbons (Fsp3) is 0.385. The second-order valence-electron chi connectivity index (χ2n) is 4.13. The molecule has 20 heavy (non-hydrogen) atoms. The Labute approximate surface area is 115 Å². The van der Waals surface area contributed by atoms with E-state index in [9.17, 15) is 14.0 Å². The highest BCUT2D eigenvalue weighted by Crippen LogP contribution is 2.21. The van der Waals surface area contributed by atoms with Crippen LogP contribution in [0.3, 0.4) is 0 Å². The number of aliphatic carboxylic acids is 1. The summed E-state index contributed by atoms with van der Waals surface area (Å²) in [7, 11) is 1.31. The zero-order valence-corrected chi connectivity index (χ0v) is 11.3. The number of carboxylic acid groups (broad SMARTS) is 1. The predicted octanol–water partition coefficient (Wildman–Crippen LogP) is 2.21. The van der Waals surface area contributed by atoms with Gasteiger partial charge in [0.05, 0.1) is 7.11 Å². The fourth-order valence-electron chi connectivity index (χ4n) is 1.61. The fourth-order valence-corrected chi connectivity index (χ4v) is 1.61. The van der Waals surface area contributed by atoms with Crippen LogP contribution >= 0.6 is 0 Å². The second kappa shape index (κ2) is 7.32. The second-order valence-corrected chi connectivity index (χ2v) is 4.13. The van der Waals surface area contributed by atoms with Crippen molar-refractivity contribution < 1.29 is 23.8 Å². The summed E-state index contributed by atoms with van der Waals surface area (Å²) in [5, 5.41) is 13.7. The summed E-state index contributed by atoms with van der Waals surface area (Å²) in [5.74, 6) is -1.65. The van der Waals surface area contributed by atoms with E-state index in [1.165, 1.54) is 19.2 Å². The van der Waals surface area contributed by atoms with Crippen LogP contribution in [-0.2, 0) is 4.79 Å². The Hall–Kier alpha value is -2.31. The number of halogens is 1. The van der Waals surface area contributed by atoms with Crippen LogP contribution < -0.4 is 15.4 Å². The number of rotatable bonds is 6. The maximum absolute atomic E-state index is 13.2. The molecule has 1 rings (SSSR count). The molecule has 0 saturated carbocycles. The Morgan fingerprint density at radius 1 is 1.45 bits per heavy atom. The van der Waals surface area contributed by atoms with Gasteiger partial charge in [0.25, 0.3) is 0 Å². The summed E-state index contributed by atoms with van der Waals surface area (Å²) in [6.45, 7) is 1.82. The van der Waals surface area contributed by atoms with Gasteiger partial charge in [-0.05, 0) is 18.6 Å². The summed E-state index contributed by atoms with van der Waals surface area (Å²) in [6, 6.07) is 2.19. The van der Waals surface area contributed by atoms with E-state index in [2.05, 4.69) is 10.6 Å². The number of hydrogen-bond acceptors (Lipinski definition) is 3. The lowest BCUT2D eigenvalue weighted by atomic mass is 10.2. The molecular formula is C13H17FN2O4. The third-order valence-electron chi connectivity index (χ3n) is 2.59. The lowest BCUT2D eigenvalue weighted by molar-refractivity contribution is -0.139. The SMILES string of the molecule is CCC[C@H](NC(=O)Nc1ccc(F)c(OC)c1)C(=O)O. The van der Waals surface area contributed by atoms with E-state index in [0.29, 0.717) is 18.5 Å². The van der Waals surface area contributed by atoms with Gasteiger partial charge in [0.2, 0.25) is 0 Å². The van der Waals surface area contributed by atoms with Crippen molar-refractivity contribution in [3.05, 3.63) is 24.0 Å². The predicted molar refractivity (Wildman–Crippen MR) is 71.4 cm³/mol. The van der Waals surface area contributed by atoms with Crippen LogP contribution in [0.25, 0.3) is 0 Å². The third kappa shape index (κ3) is 4.42. The molecule has 3 N–H and O–H groups in total. The van der Waals surface area contributed by atoms with Crippen molar-refractivity contribution in [2.24, 2.45) is 0 Å². The lowest BCUT2D eigenvalue weighted by Crippen LogP contribution is -2.42. The van der Waals surface area contributed by atoms with Gasteiger partial charge in [-0.15, -0.1) is 0 Å². The van der Waals surface area contributed by atoms with Crippen LogP contribution in [0, 0.1) is 5.82 Å². The summed E-state index contributed by atoms with van der Waals surface area (Å²) in [5.41, 5.74) is 0.307. The minimum atomic E-state index is -1.10. The van der Waals surface area contributed by atoms with Crippen molar-refractivity contribution in [3.63, 3.8) is 0 Å². The van der Waals surface area contributed by atoms with Gasteiger partial charge in [-0.25, -0.2) is 14.0 Å². The number of hydrogen-bond donors (Lipinski definition) is 3. The first-order valence-corrected chi connectivity index (χ1v) is 6.11. The number of nitrogens with one attached hydrogen (secondary N) is 2. The number of benzene rings is 1. The Morgan fingerprint density at radius 2 is 2.15 bits per heavy atom. The van der Waals surface area contributed by atoms with E-state index < -0.39 is 23.9 Å². The van der Waals surface area contributed by atoms with Crippen LogP contribution in [0.1, 0.15) is 19.8 Å². The molecule has 2 amide bonds. The maximum atomic E-state index is 13.2. The summed E-state index contributed by atoms with van der Waals surface area (Å²) in [4.78, 5) is 22.6. The number of anilines is 1. The first kappa shape index (κ1) is 15.7. The molecule has 1 aromatic rings. The van der Waals surface area contributed by atoms with Crippen LogP contribution in [0.4, 0.5) is 14.9 Å². The van der Waals surface area contributed by atoms with Gasteiger partial charge in [0, 0.05) is 11.8 Å². The molecule has 0 aliphatic rings. The molecule has 0 saturated heterocycles. The molecular weight excluding hydrogens is 267 g/mol. The van der Waals surface area contributed by atoms with Crippen molar-refractivity contribution in [1.82, 2.24) is 5.32 Å². The number of amides is 2. The number of urea groups is 1. The highest BCUT2D eigenvalue weighted by molar-refractivity contribution is 5.92. The topological polar surface area (TPSA) is 87.7 Å². The van der Waals surface area contributed by atoms with Gasteiger partial charge in [0.15, 0.2) is 11.6 Å². The molecule has 0 spiro atoms. The molecule has 6 nitrogen and oxygen atoms in total. The Kier molecular flexibility index (Phi) is 5.76. The molecule has 0 radical (unpaired) electrons. The smallest absolute Gasteiger partial charge is 0.326 e. The van der Waals surface area contributed by atoms with Crippen LogP contribution in [0.2, 0.25) is 0 Å². The number of methoxy groups -OCH3 is 1. The molecule has 0 fully saturated rings. The van der Waals surface area contributed by atoms with E-state index in [1.807, 2.05) is 6.92 Å². The highest BCUT2D eigenvalue weighted by atomic mass is 19.1. The monoisotopic (exact) mass is 284 g/mol. The number of carbonyl (C=O) groups is 2. The summed E-state index contributed by atoms with van der Waals surface area (Å²) >= 11 is 0. The van der Waals surface area contributed by atoms with Gasteiger partial charge in [-0.2, -0.15) is 0 Å². The number of ether oxygens (including phenoxy) is 1. The standard InChI is InChI=1S/C13H17FN2O4/c1-3-4-10(12(17)18)16-13(19)15-8-5-6-9(14)11(7-8)20-2/h5-7,10H,3-4H2,1-2H3,(H,17,18)(H2,15,16,19)/t10-/m0/s1. The van der Waals surface area contributed by atoms with E-state index >= 15 is 0 Å². The molecule has 7 heteroatoms. The van der Waals surface area contributed by atoms with Gasteiger partial charge in [-0.1, -0.05) is 13.3 Å².